The second-order valence-electron chi connectivity index (χ2n) is 7.82. The number of hydrogen-bond donors (Lipinski definition) is 1. The number of para-hydroxylation sites is 2. The normalized spacial score (nSPS) is 13.7. The zero-order valence-corrected chi connectivity index (χ0v) is 18.3. The number of H-pyrrole nitrogens is 1. The summed E-state index contributed by atoms with van der Waals surface area (Å²) in [5.41, 5.74) is 3.87. The predicted molar refractivity (Wildman–Crippen MR) is 124 cm³/mol. The van der Waals surface area contributed by atoms with Crippen molar-refractivity contribution in [2.45, 2.75) is 29.8 Å². The molecule has 0 amide bonds. The average Bonchev–Trinajstić information content (AvgIpc) is 3.24. The fourth-order valence-corrected chi connectivity index (χ4v) is 4.86. The van der Waals surface area contributed by atoms with Crippen LogP contribution in [0.25, 0.3) is 33.5 Å². The van der Waals surface area contributed by atoms with Crippen molar-refractivity contribution in [2.24, 2.45) is 0 Å². The molecule has 5 aromatic rings. The maximum Gasteiger partial charge on any atom is 0.192 e. The van der Waals surface area contributed by atoms with Gasteiger partial charge in [0.2, 0.25) is 0 Å². The Bertz CT molecular complexity index is 1400. The summed E-state index contributed by atoms with van der Waals surface area (Å²) in [6.07, 6.45) is 4.33. The molecule has 0 saturated heterocycles. The van der Waals surface area contributed by atoms with Crippen molar-refractivity contribution in [1.82, 2.24) is 24.9 Å². The van der Waals surface area contributed by atoms with Crippen molar-refractivity contribution >= 4 is 22.7 Å². The summed E-state index contributed by atoms with van der Waals surface area (Å²) < 4.78 is 13.3. The number of ether oxygens (including phenoxy) is 1. The van der Waals surface area contributed by atoms with Gasteiger partial charge in [-0.15, -0.1) is 10.2 Å². The van der Waals surface area contributed by atoms with Crippen LogP contribution in [0.5, 0.6) is 5.75 Å². The highest BCUT2D eigenvalue weighted by molar-refractivity contribution is 7.98. The van der Waals surface area contributed by atoms with Crippen molar-refractivity contribution in [1.29, 1.82) is 0 Å². The Kier molecular flexibility index (Phi) is 4.72. The molecule has 1 saturated carbocycles. The standard InChI is InChI=1S/C24H21N5O2S/c1-30-22-9-5-3-7-18(22)21-12-16(31-28-21)14-32-24-27-26-23(29(24)15-10-11-15)19-13-25-20-8-4-2-6-17(19)20/h2-9,12-13,15,25H,10-11,14H2,1H3. The second-order valence-corrected chi connectivity index (χ2v) is 8.77. The number of fused-ring (bicyclic) bond motifs is 1. The molecule has 6 rings (SSSR count). The van der Waals surface area contributed by atoms with Gasteiger partial charge in [-0.3, -0.25) is 4.57 Å². The highest BCUT2D eigenvalue weighted by Crippen LogP contribution is 2.42. The van der Waals surface area contributed by atoms with Crippen molar-refractivity contribution in [3.8, 4) is 28.4 Å². The van der Waals surface area contributed by atoms with Crippen LogP contribution >= 0.6 is 11.8 Å². The first kappa shape index (κ1) is 19.2. The molecule has 1 aliphatic carbocycles. The van der Waals surface area contributed by atoms with Gasteiger partial charge in [-0.25, -0.2) is 0 Å². The Morgan fingerprint density at radius 1 is 1.09 bits per heavy atom. The van der Waals surface area contributed by atoms with Gasteiger partial charge in [-0.2, -0.15) is 0 Å². The lowest BCUT2D eigenvalue weighted by molar-refractivity contribution is 0.395. The van der Waals surface area contributed by atoms with Crippen molar-refractivity contribution in [3.63, 3.8) is 0 Å². The van der Waals surface area contributed by atoms with Crippen LogP contribution in [0.15, 0.2) is 70.5 Å². The van der Waals surface area contributed by atoms with Crippen LogP contribution in [0, 0.1) is 0 Å². The van der Waals surface area contributed by atoms with Gasteiger partial charge in [0.25, 0.3) is 0 Å². The highest BCUT2D eigenvalue weighted by atomic mass is 32.2. The molecule has 2 aromatic carbocycles. The molecule has 0 unspecified atom stereocenters. The summed E-state index contributed by atoms with van der Waals surface area (Å²) in [7, 11) is 1.66. The van der Waals surface area contributed by atoms with Crippen LogP contribution < -0.4 is 4.74 Å². The summed E-state index contributed by atoms with van der Waals surface area (Å²) in [5, 5.41) is 15.4. The van der Waals surface area contributed by atoms with E-state index in [1.54, 1.807) is 18.9 Å². The maximum atomic E-state index is 5.60. The van der Waals surface area contributed by atoms with E-state index in [-0.39, 0.29) is 0 Å². The number of benzene rings is 2. The van der Waals surface area contributed by atoms with E-state index in [4.69, 9.17) is 9.26 Å². The lowest BCUT2D eigenvalue weighted by Crippen LogP contribution is -1.99. The van der Waals surface area contributed by atoms with Crippen LogP contribution in [-0.2, 0) is 5.75 Å². The minimum Gasteiger partial charge on any atom is -0.496 e. The van der Waals surface area contributed by atoms with E-state index < -0.39 is 0 Å². The summed E-state index contributed by atoms with van der Waals surface area (Å²) in [4.78, 5) is 3.35. The predicted octanol–water partition coefficient (Wildman–Crippen LogP) is 5.72. The summed E-state index contributed by atoms with van der Waals surface area (Å²) >= 11 is 1.62. The van der Waals surface area contributed by atoms with Gasteiger partial charge in [0, 0.05) is 40.3 Å². The number of thioether (sulfide) groups is 1. The molecule has 3 heterocycles. The van der Waals surface area contributed by atoms with Crippen LogP contribution in [-0.4, -0.2) is 32.0 Å². The van der Waals surface area contributed by atoms with Gasteiger partial charge >= 0.3 is 0 Å². The van der Waals surface area contributed by atoms with Gasteiger partial charge in [0.1, 0.15) is 17.2 Å². The first-order valence-electron chi connectivity index (χ1n) is 10.5. The third kappa shape index (κ3) is 3.36. The van der Waals surface area contributed by atoms with Gasteiger partial charge in [-0.1, -0.05) is 47.3 Å². The van der Waals surface area contributed by atoms with E-state index in [0.717, 1.165) is 63.1 Å². The SMILES string of the molecule is COc1ccccc1-c1cc(CSc2nnc(-c3c[nH]c4ccccc34)n2C2CC2)on1. The zero-order chi connectivity index (χ0) is 21.5. The fraction of sp³-hybridized carbons (Fsp3) is 0.208. The molecular weight excluding hydrogens is 422 g/mol. The van der Waals surface area contributed by atoms with E-state index in [1.807, 2.05) is 42.6 Å². The quantitative estimate of drug-likeness (QED) is 0.324. The third-order valence-electron chi connectivity index (χ3n) is 5.69. The molecule has 7 nitrogen and oxygen atoms in total. The number of hydrogen-bond acceptors (Lipinski definition) is 6. The molecule has 0 radical (unpaired) electrons. The van der Waals surface area contributed by atoms with Gasteiger partial charge < -0.3 is 14.2 Å². The second kappa shape index (κ2) is 7.87. The number of rotatable bonds is 7. The largest absolute Gasteiger partial charge is 0.496 e. The summed E-state index contributed by atoms with van der Waals surface area (Å²) in [6.45, 7) is 0. The van der Waals surface area contributed by atoms with Gasteiger partial charge in [-0.05, 0) is 31.0 Å². The fourth-order valence-electron chi connectivity index (χ4n) is 3.98. The highest BCUT2D eigenvalue weighted by Gasteiger charge is 2.31. The molecular formula is C24H21N5O2S. The van der Waals surface area contributed by atoms with Crippen molar-refractivity contribution < 1.29 is 9.26 Å². The number of aromatic nitrogens is 5. The van der Waals surface area contributed by atoms with Crippen LogP contribution in [0.2, 0.25) is 0 Å². The Morgan fingerprint density at radius 3 is 2.81 bits per heavy atom. The van der Waals surface area contributed by atoms with Crippen molar-refractivity contribution in [3.05, 3.63) is 66.6 Å². The van der Waals surface area contributed by atoms with E-state index in [1.165, 1.54) is 0 Å². The monoisotopic (exact) mass is 443 g/mol. The molecule has 0 bridgehead atoms. The molecule has 0 aliphatic heterocycles. The van der Waals surface area contributed by atoms with E-state index >= 15 is 0 Å². The first-order valence-corrected chi connectivity index (χ1v) is 11.5. The lowest BCUT2D eigenvalue weighted by atomic mass is 10.1. The van der Waals surface area contributed by atoms with E-state index in [2.05, 4.69) is 43.1 Å². The Morgan fingerprint density at radius 2 is 1.94 bits per heavy atom. The van der Waals surface area contributed by atoms with Gasteiger partial charge in [0.15, 0.2) is 11.0 Å². The first-order chi connectivity index (χ1) is 15.8. The molecule has 0 spiro atoms. The summed E-state index contributed by atoms with van der Waals surface area (Å²) in [6, 6.07) is 18.5. The van der Waals surface area contributed by atoms with E-state index in [0.29, 0.717) is 11.8 Å². The van der Waals surface area contributed by atoms with E-state index in [9.17, 15) is 0 Å². The van der Waals surface area contributed by atoms with Gasteiger partial charge in [0.05, 0.1) is 12.9 Å². The zero-order valence-electron chi connectivity index (χ0n) is 17.5. The summed E-state index contributed by atoms with van der Waals surface area (Å²) in [5.74, 6) is 3.10. The number of methoxy groups -OCH3 is 1. The smallest absolute Gasteiger partial charge is 0.192 e. The Balaban J connectivity index is 1.27. The molecule has 3 aromatic heterocycles. The topological polar surface area (TPSA) is 81.8 Å². The number of aromatic amines is 1. The molecule has 32 heavy (non-hydrogen) atoms. The molecule has 1 N–H and O–H groups in total. The molecule has 8 heteroatoms. The minimum atomic E-state index is 0.454. The molecule has 1 fully saturated rings. The van der Waals surface area contributed by atoms with Crippen LogP contribution in [0.3, 0.4) is 0 Å². The molecule has 0 atom stereocenters. The molecule has 1 aliphatic rings. The third-order valence-corrected chi connectivity index (χ3v) is 6.66. The number of nitrogens with one attached hydrogen (secondary N) is 1. The Hall–Kier alpha value is -3.52. The van der Waals surface area contributed by atoms with Crippen molar-refractivity contribution in [2.75, 3.05) is 7.11 Å². The lowest BCUT2D eigenvalue weighted by Gasteiger charge is -2.07. The minimum absolute atomic E-state index is 0.454. The number of nitrogens with zero attached hydrogens (tertiary/aromatic N) is 4. The maximum absolute atomic E-state index is 5.60. The van der Waals surface area contributed by atoms with Crippen LogP contribution in [0.4, 0.5) is 0 Å². The molecule has 160 valence electrons. The Labute approximate surface area is 188 Å². The average molecular weight is 444 g/mol. The van der Waals surface area contributed by atoms with Crippen LogP contribution in [0.1, 0.15) is 24.6 Å².